The van der Waals surface area contributed by atoms with Crippen LogP contribution in [-0.4, -0.2) is 34.9 Å². The van der Waals surface area contributed by atoms with E-state index in [-0.39, 0.29) is 17.4 Å². The molecule has 1 saturated heterocycles. The average molecular weight is 309 g/mol. The van der Waals surface area contributed by atoms with Crippen LogP contribution in [0.3, 0.4) is 0 Å². The molecule has 1 atom stereocenters. The van der Waals surface area contributed by atoms with Gasteiger partial charge in [0.1, 0.15) is 4.21 Å². The largest absolute Gasteiger partial charge is 0.250 e. The first kappa shape index (κ1) is 14.0. The fraction of sp³-hybridized carbons (Fsp3) is 0.600. The van der Waals surface area contributed by atoms with Gasteiger partial charge in [-0.05, 0) is 30.2 Å². The van der Waals surface area contributed by atoms with Gasteiger partial charge in [-0.3, -0.25) is 0 Å². The molecule has 1 aliphatic heterocycles. The molecule has 8 heteroatoms. The Kier molecular flexibility index (Phi) is 4.10. The van der Waals surface area contributed by atoms with Gasteiger partial charge in [0, 0.05) is 6.54 Å². The van der Waals surface area contributed by atoms with Gasteiger partial charge in [0.15, 0.2) is 9.84 Å². The Hall–Kier alpha value is -0.440. The van der Waals surface area contributed by atoms with E-state index in [4.69, 9.17) is 0 Å². The summed E-state index contributed by atoms with van der Waals surface area (Å²) in [7, 11) is -6.30. The lowest BCUT2D eigenvalue weighted by atomic mass is 10.1. The first-order valence-corrected chi connectivity index (χ1v) is 9.81. The van der Waals surface area contributed by atoms with E-state index in [2.05, 4.69) is 4.72 Å². The minimum Gasteiger partial charge on any atom is -0.229 e. The molecule has 1 unspecified atom stereocenters. The van der Waals surface area contributed by atoms with Crippen LogP contribution in [0.2, 0.25) is 0 Å². The lowest BCUT2D eigenvalue weighted by molar-refractivity contribution is 0.528. The highest BCUT2D eigenvalue weighted by Gasteiger charge is 2.27. The zero-order valence-electron chi connectivity index (χ0n) is 9.70. The molecule has 1 aromatic heterocycles. The number of thiophene rings is 1. The van der Waals surface area contributed by atoms with Crippen LogP contribution in [0.15, 0.2) is 21.7 Å². The summed E-state index contributed by atoms with van der Waals surface area (Å²) in [5, 5.41) is 1.71. The Labute approximate surface area is 111 Å². The van der Waals surface area contributed by atoms with Gasteiger partial charge in [0.25, 0.3) is 0 Å². The van der Waals surface area contributed by atoms with Crippen LogP contribution in [-0.2, 0) is 19.9 Å². The highest BCUT2D eigenvalue weighted by Crippen LogP contribution is 2.21. The fourth-order valence-corrected chi connectivity index (χ4v) is 5.98. The molecule has 1 N–H and O–H groups in total. The molecule has 2 rings (SSSR count). The summed E-state index contributed by atoms with van der Waals surface area (Å²) >= 11 is 1.17. The second-order valence-corrected chi connectivity index (χ2v) is 9.56. The Morgan fingerprint density at radius 1 is 1.44 bits per heavy atom. The van der Waals surface area contributed by atoms with Crippen LogP contribution in [0.4, 0.5) is 0 Å². The molecule has 1 aliphatic rings. The number of sulfone groups is 1. The number of sulfonamides is 1. The van der Waals surface area contributed by atoms with E-state index < -0.39 is 19.9 Å². The number of hydrogen-bond donors (Lipinski definition) is 1. The van der Waals surface area contributed by atoms with Crippen molar-refractivity contribution in [1.82, 2.24) is 4.72 Å². The van der Waals surface area contributed by atoms with Crippen LogP contribution < -0.4 is 4.72 Å². The topological polar surface area (TPSA) is 80.3 Å². The predicted molar refractivity (Wildman–Crippen MR) is 70.9 cm³/mol. The van der Waals surface area contributed by atoms with Gasteiger partial charge in [0.2, 0.25) is 10.0 Å². The zero-order chi connectivity index (χ0) is 13.2. The third-order valence-corrected chi connectivity index (χ3v) is 7.63. The summed E-state index contributed by atoms with van der Waals surface area (Å²) in [5.74, 6) is 0.504. The maximum Gasteiger partial charge on any atom is 0.250 e. The van der Waals surface area contributed by atoms with E-state index in [9.17, 15) is 16.8 Å². The highest BCUT2D eigenvalue weighted by atomic mass is 32.2. The molecule has 0 spiro atoms. The van der Waals surface area contributed by atoms with Crippen LogP contribution in [0.25, 0.3) is 0 Å². The van der Waals surface area contributed by atoms with Crippen molar-refractivity contribution in [3.8, 4) is 0 Å². The molecule has 1 fully saturated rings. The Morgan fingerprint density at radius 3 is 2.78 bits per heavy atom. The first-order chi connectivity index (χ1) is 8.39. The Morgan fingerprint density at radius 2 is 2.22 bits per heavy atom. The minimum absolute atomic E-state index is 0.0843. The molecule has 0 amide bonds. The molecule has 5 nitrogen and oxygen atoms in total. The summed E-state index contributed by atoms with van der Waals surface area (Å²) in [6.07, 6.45) is 1.22. The van der Waals surface area contributed by atoms with Gasteiger partial charge in [-0.2, -0.15) is 0 Å². The minimum atomic E-state index is -3.42. The third kappa shape index (κ3) is 3.53. The van der Waals surface area contributed by atoms with Crippen molar-refractivity contribution in [3.63, 3.8) is 0 Å². The van der Waals surface area contributed by atoms with Crippen LogP contribution in [0, 0.1) is 5.92 Å². The van der Waals surface area contributed by atoms with E-state index in [1.165, 1.54) is 11.3 Å². The van der Waals surface area contributed by atoms with E-state index in [0.717, 1.165) is 0 Å². The molecular formula is C10H15NO4S3. The van der Waals surface area contributed by atoms with Crippen molar-refractivity contribution in [2.24, 2.45) is 5.92 Å². The smallest absolute Gasteiger partial charge is 0.229 e. The van der Waals surface area contributed by atoms with E-state index in [1.807, 2.05) is 0 Å². The monoisotopic (exact) mass is 309 g/mol. The van der Waals surface area contributed by atoms with Crippen molar-refractivity contribution in [3.05, 3.63) is 17.5 Å². The normalized spacial score (nSPS) is 23.2. The molecule has 18 heavy (non-hydrogen) atoms. The van der Waals surface area contributed by atoms with Gasteiger partial charge >= 0.3 is 0 Å². The first-order valence-electron chi connectivity index (χ1n) is 5.63. The van der Waals surface area contributed by atoms with Crippen molar-refractivity contribution in [2.75, 3.05) is 18.1 Å². The van der Waals surface area contributed by atoms with Gasteiger partial charge in [-0.15, -0.1) is 11.3 Å². The molecule has 0 aromatic carbocycles. The third-order valence-electron chi connectivity index (χ3n) is 2.93. The number of rotatable bonds is 5. The van der Waals surface area contributed by atoms with E-state index >= 15 is 0 Å². The maximum absolute atomic E-state index is 11.8. The van der Waals surface area contributed by atoms with Crippen molar-refractivity contribution in [1.29, 1.82) is 0 Å². The molecular weight excluding hydrogens is 294 g/mol. The molecule has 0 bridgehead atoms. The standard InChI is InChI=1S/C10H15NO4S3/c12-17(13)7-4-9(8-17)3-5-11-18(14,15)10-2-1-6-16-10/h1-2,6,9,11H,3-5,7-8H2. The molecule has 102 valence electrons. The highest BCUT2D eigenvalue weighted by molar-refractivity contribution is 7.91. The van der Waals surface area contributed by atoms with Gasteiger partial charge < -0.3 is 0 Å². The van der Waals surface area contributed by atoms with Crippen molar-refractivity contribution < 1.29 is 16.8 Å². The Bertz CT molecular complexity index is 589. The summed E-state index contributed by atoms with van der Waals surface area (Å²) < 4.78 is 48.8. The molecule has 0 aliphatic carbocycles. The van der Waals surface area contributed by atoms with E-state index in [1.54, 1.807) is 17.5 Å². The summed E-state index contributed by atoms with van der Waals surface area (Å²) in [6.45, 7) is 0.292. The van der Waals surface area contributed by atoms with E-state index in [0.29, 0.717) is 23.6 Å². The summed E-state index contributed by atoms with van der Waals surface area (Å²) in [4.78, 5) is 0. The van der Waals surface area contributed by atoms with Crippen LogP contribution in [0.1, 0.15) is 12.8 Å². The maximum atomic E-state index is 11.8. The van der Waals surface area contributed by atoms with Crippen molar-refractivity contribution >= 4 is 31.2 Å². The molecule has 0 radical (unpaired) electrons. The van der Waals surface area contributed by atoms with Gasteiger partial charge in [-0.1, -0.05) is 6.07 Å². The molecule has 2 heterocycles. The summed E-state index contributed by atoms with van der Waals surface area (Å²) in [6, 6.07) is 3.23. The second-order valence-electron chi connectivity index (χ2n) is 4.39. The lowest BCUT2D eigenvalue weighted by Gasteiger charge is -2.08. The second kappa shape index (κ2) is 5.28. The molecule has 0 saturated carbocycles. The lowest BCUT2D eigenvalue weighted by Crippen LogP contribution is -2.25. The Balaban J connectivity index is 1.83. The quantitative estimate of drug-likeness (QED) is 0.874. The van der Waals surface area contributed by atoms with Crippen LogP contribution in [0.5, 0.6) is 0 Å². The summed E-state index contributed by atoms with van der Waals surface area (Å²) in [5.41, 5.74) is 0. The molecule has 1 aromatic rings. The van der Waals surface area contributed by atoms with Crippen molar-refractivity contribution in [2.45, 2.75) is 17.1 Å². The SMILES string of the molecule is O=S1(=O)CCC(CCNS(=O)(=O)c2cccs2)C1. The number of nitrogens with one attached hydrogen (secondary N) is 1. The predicted octanol–water partition coefficient (Wildman–Crippen LogP) is 0.851. The van der Waals surface area contributed by atoms with Gasteiger partial charge in [-0.25, -0.2) is 21.6 Å². The zero-order valence-corrected chi connectivity index (χ0v) is 12.2. The fourth-order valence-electron chi connectivity index (χ4n) is 1.98. The van der Waals surface area contributed by atoms with Crippen LogP contribution >= 0.6 is 11.3 Å². The average Bonchev–Trinajstić information content (AvgIpc) is 2.87. The number of hydrogen-bond acceptors (Lipinski definition) is 5. The van der Waals surface area contributed by atoms with Gasteiger partial charge in [0.05, 0.1) is 11.5 Å².